The molecule has 4 aromatic rings. The fourth-order valence-electron chi connectivity index (χ4n) is 3.72. The van der Waals surface area contributed by atoms with Gasteiger partial charge in [0, 0.05) is 17.3 Å². The zero-order chi connectivity index (χ0) is 18.8. The highest BCUT2D eigenvalue weighted by atomic mass is 16.5. The molecule has 142 valence electrons. The number of aromatic nitrogens is 5. The number of hydrogen-bond acceptors (Lipinski definition) is 6. The van der Waals surface area contributed by atoms with Crippen LogP contribution in [-0.4, -0.2) is 42.7 Å². The third-order valence-electron chi connectivity index (χ3n) is 5.25. The molecule has 7 nitrogen and oxygen atoms in total. The fraction of sp³-hybridized carbons (Fsp3) is 0.333. The van der Waals surface area contributed by atoms with Gasteiger partial charge in [-0.15, -0.1) is 10.2 Å². The molecule has 0 unspecified atom stereocenters. The third kappa shape index (κ3) is 3.41. The van der Waals surface area contributed by atoms with Gasteiger partial charge in [0.05, 0.1) is 6.54 Å². The van der Waals surface area contributed by atoms with Crippen molar-refractivity contribution in [1.29, 1.82) is 0 Å². The summed E-state index contributed by atoms with van der Waals surface area (Å²) in [4.78, 5) is 7.00. The van der Waals surface area contributed by atoms with E-state index in [9.17, 15) is 0 Å². The van der Waals surface area contributed by atoms with E-state index in [2.05, 4.69) is 25.2 Å². The highest BCUT2D eigenvalue weighted by Gasteiger charge is 2.15. The van der Waals surface area contributed by atoms with Crippen LogP contribution in [0.4, 0.5) is 0 Å². The number of fused-ring (bicyclic) bond motifs is 1. The molecule has 1 aromatic carbocycles. The van der Waals surface area contributed by atoms with Gasteiger partial charge in [-0.05, 0) is 38.1 Å². The summed E-state index contributed by atoms with van der Waals surface area (Å²) in [5, 5.41) is 12.9. The highest BCUT2D eigenvalue weighted by molar-refractivity contribution is 5.62. The van der Waals surface area contributed by atoms with Gasteiger partial charge >= 0.3 is 0 Å². The van der Waals surface area contributed by atoms with Crippen molar-refractivity contribution >= 4 is 5.65 Å². The Balaban J connectivity index is 1.39. The van der Waals surface area contributed by atoms with E-state index in [1.165, 1.54) is 25.7 Å². The maximum absolute atomic E-state index is 5.47. The summed E-state index contributed by atoms with van der Waals surface area (Å²) in [6, 6.07) is 13.7. The second kappa shape index (κ2) is 7.52. The van der Waals surface area contributed by atoms with Gasteiger partial charge in [0.25, 0.3) is 5.89 Å². The molecule has 28 heavy (non-hydrogen) atoms. The lowest BCUT2D eigenvalue weighted by atomic mass is 10.2. The van der Waals surface area contributed by atoms with E-state index in [-0.39, 0.29) is 0 Å². The quantitative estimate of drug-likeness (QED) is 0.541. The Hall–Kier alpha value is -3.06. The molecule has 0 bridgehead atoms. The van der Waals surface area contributed by atoms with Crippen LogP contribution in [0.1, 0.15) is 31.5 Å². The zero-order valence-electron chi connectivity index (χ0n) is 15.7. The summed E-state index contributed by atoms with van der Waals surface area (Å²) < 4.78 is 7.51. The molecule has 1 aliphatic rings. The molecule has 1 aliphatic heterocycles. The Morgan fingerprint density at radius 1 is 0.893 bits per heavy atom. The van der Waals surface area contributed by atoms with Crippen LogP contribution in [0, 0.1) is 0 Å². The van der Waals surface area contributed by atoms with E-state index >= 15 is 0 Å². The van der Waals surface area contributed by atoms with E-state index in [4.69, 9.17) is 4.52 Å². The van der Waals surface area contributed by atoms with Gasteiger partial charge in [-0.2, -0.15) is 4.98 Å². The molecule has 0 amide bonds. The summed E-state index contributed by atoms with van der Waals surface area (Å²) >= 11 is 0. The van der Waals surface area contributed by atoms with Crippen molar-refractivity contribution in [2.75, 3.05) is 13.1 Å². The minimum absolute atomic E-state index is 0.485. The van der Waals surface area contributed by atoms with Crippen molar-refractivity contribution in [3.05, 3.63) is 54.5 Å². The molecule has 5 rings (SSSR count). The molecule has 0 saturated carbocycles. The topological polar surface area (TPSA) is 72.3 Å². The third-order valence-corrected chi connectivity index (χ3v) is 5.25. The van der Waals surface area contributed by atoms with Crippen molar-refractivity contribution in [1.82, 2.24) is 29.6 Å². The smallest absolute Gasteiger partial charge is 0.258 e. The molecule has 0 aliphatic carbocycles. The summed E-state index contributed by atoms with van der Waals surface area (Å²) in [7, 11) is 0. The Labute approximate surface area is 163 Å². The first-order chi connectivity index (χ1) is 13.9. The molecule has 1 fully saturated rings. The number of nitrogens with zero attached hydrogens (tertiary/aromatic N) is 6. The van der Waals surface area contributed by atoms with Crippen LogP contribution < -0.4 is 0 Å². The van der Waals surface area contributed by atoms with Crippen molar-refractivity contribution in [3.63, 3.8) is 0 Å². The maximum Gasteiger partial charge on any atom is 0.258 e. The lowest BCUT2D eigenvalue weighted by Crippen LogP contribution is -2.25. The number of rotatable bonds is 4. The minimum Gasteiger partial charge on any atom is -0.334 e. The summed E-state index contributed by atoms with van der Waals surface area (Å²) in [5.74, 6) is 2.04. The second-order valence-electron chi connectivity index (χ2n) is 7.24. The van der Waals surface area contributed by atoms with E-state index in [1.54, 1.807) is 0 Å². The summed E-state index contributed by atoms with van der Waals surface area (Å²) in [6.07, 6.45) is 7.18. The molecule has 7 heteroatoms. The van der Waals surface area contributed by atoms with Crippen molar-refractivity contribution in [2.24, 2.45) is 0 Å². The lowest BCUT2D eigenvalue weighted by Gasteiger charge is -2.18. The monoisotopic (exact) mass is 374 g/mol. The molecule has 0 spiro atoms. The van der Waals surface area contributed by atoms with Gasteiger partial charge in [0.15, 0.2) is 11.5 Å². The van der Waals surface area contributed by atoms with Crippen LogP contribution in [0.3, 0.4) is 0 Å². The Morgan fingerprint density at radius 3 is 2.54 bits per heavy atom. The standard InChI is InChI=1S/C21H22N6O/c1-2-7-12-26(11-6-1)15-19-24-23-18-14-17(10-13-27(18)19)21-22-20(25-28-21)16-8-4-3-5-9-16/h3-5,8-10,13-14H,1-2,6-7,11-12,15H2. The molecule has 0 radical (unpaired) electrons. The van der Waals surface area contributed by atoms with E-state index in [0.29, 0.717) is 11.7 Å². The molecule has 0 N–H and O–H groups in total. The average Bonchev–Trinajstić information content (AvgIpc) is 3.30. The lowest BCUT2D eigenvalue weighted by molar-refractivity contribution is 0.269. The normalized spacial score (nSPS) is 15.7. The molecule has 0 atom stereocenters. The SMILES string of the molecule is c1ccc(-c2noc(-c3ccn4c(CN5CCCCCC5)nnc4c3)n2)cc1. The number of pyridine rings is 1. The predicted octanol–water partition coefficient (Wildman–Crippen LogP) is 3.82. The van der Waals surface area contributed by atoms with Crippen LogP contribution in [-0.2, 0) is 6.54 Å². The Kier molecular flexibility index (Phi) is 4.58. The van der Waals surface area contributed by atoms with Gasteiger partial charge in [0.2, 0.25) is 5.82 Å². The highest BCUT2D eigenvalue weighted by Crippen LogP contribution is 2.23. The largest absolute Gasteiger partial charge is 0.334 e. The Bertz CT molecular complexity index is 1060. The molecule has 3 aromatic heterocycles. The summed E-state index contributed by atoms with van der Waals surface area (Å²) in [5.41, 5.74) is 2.57. The van der Waals surface area contributed by atoms with Gasteiger partial charge in [-0.25, -0.2) is 0 Å². The first-order valence-electron chi connectivity index (χ1n) is 9.82. The molecular formula is C21H22N6O. The van der Waals surface area contributed by atoms with Gasteiger partial charge in [0.1, 0.15) is 0 Å². The van der Waals surface area contributed by atoms with Crippen molar-refractivity contribution in [3.8, 4) is 22.8 Å². The van der Waals surface area contributed by atoms with Crippen LogP contribution in [0.15, 0.2) is 53.2 Å². The maximum atomic E-state index is 5.47. The average molecular weight is 374 g/mol. The number of likely N-dealkylation sites (tertiary alicyclic amines) is 1. The molecule has 4 heterocycles. The summed E-state index contributed by atoms with van der Waals surface area (Å²) in [6.45, 7) is 3.10. The van der Waals surface area contributed by atoms with E-state index in [1.807, 2.05) is 53.1 Å². The van der Waals surface area contributed by atoms with Crippen molar-refractivity contribution < 1.29 is 4.52 Å². The predicted molar refractivity (Wildman–Crippen MR) is 105 cm³/mol. The van der Waals surface area contributed by atoms with Gasteiger partial charge in [-0.3, -0.25) is 9.30 Å². The zero-order valence-corrected chi connectivity index (χ0v) is 15.7. The van der Waals surface area contributed by atoms with Gasteiger partial charge in [-0.1, -0.05) is 48.3 Å². The van der Waals surface area contributed by atoms with Crippen LogP contribution >= 0.6 is 0 Å². The van der Waals surface area contributed by atoms with Crippen molar-refractivity contribution in [2.45, 2.75) is 32.2 Å². The first-order valence-corrected chi connectivity index (χ1v) is 9.82. The van der Waals surface area contributed by atoms with E-state index in [0.717, 1.165) is 42.2 Å². The molecular weight excluding hydrogens is 352 g/mol. The second-order valence-corrected chi connectivity index (χ2v) is 7.24. The van der Waals surface area contributed by atoms with Crippen LogP contribution in [0.25, 0.3) is 28.5 Å². The van der Waals surface area contributed by atoms with Crippen LogP contribution in [0.5, 0.6) is 0 Å². The Morgan fingerprint density at radius 2 is 1.71 bits per heavy atom. The molecule has 1 saturated heterocycles. The van der Waals surface area contributed by atoms with Crippen LogP contribution in [0.2, 0.25) is 0 Å². The first kappa shape index (κ1) is 17.1. The van der Waals surface area contributed by atoms with E-state index < -0.39 is 0 Å². The number of benzene rings is 1. The van der Waals surface area contributed by atoms with Gasteiger partial charge < -0.3 is 4.52 Å². The fourth-order valence-corrected chi connectivity index (χ4v) is 3.72. The minimum atomic E-state index is 0.485. The number of hydrogen-bond donors (Lipinski definition) is 0.